The van der Waals surface area contributed by atoms with Gasteiger partial charge in [0.25, 0.3) is 0 Å². The van der Waals surface area contributed by atoms with Gasteiger partial charge in [0.15, 0.2) is 0 Å². The number of hydrogen-bond acceptors (Lipinski definition) is 4. The Morgan fingerprint density at radius 1 is 1.47 bits per heavy atom. The maximum absolute atomic E-state index is 12.8. The van der Waals surface area contributed by atoms with Gasteiger partial charge in [-0.1, -0.05) is 0 Å². The molecule has 0 unspecified atom stereocenters. The van der Waals surface area contributed by atoms with E-state index in [1.54, 1.807) is 0 Å². The molecule has 0 saturated heterocycles. The molecule has 0 N–H and O–H groups in total. The number of methoxy groups -OCH3 is 1. The van der Waals surface area contributed by atoms with Crippen molar-refractivity contribution in [2.45, 2.75) is 11.1 Å². The van der Waals surface area contributed by atoms with E-state index in [4.69, 9.17) is 5.26 Å². The van der Waals surface area contributed by atoms with Crippen LogP contribution in [0.3, 0.4) is 0 Å². The SMILES string of the molecule is COC(=O)c1c(S)ccc(C#N)c1C(F)(F)F. The van der Waals surface area contributed by atoms with E-state index in [-0.39, 0.29) is 4.90 Å². The number of thiol groups is 1. The van der Waals surface area contributed by atoms with Crippen molar-refractivity contribution in [3.05, 3.63) is 28.8 Å². The fourth-order valence-corrected chi connectivity index (χ4v) is 1.57. The Labute approximate surface area is 100 Å². The fourth-order valence-electron chi connectivity index (χ4n) is 1.29. The Morgan fingerprint density at radius 3 is 2.47 bits per heavy atom. The molecule has 0 radical (unpaired) electrons. The van der Waals surface area contributed by atoms with Gasteiger partial charge >= 0.3 is 12.1 Å². The van der Waals surface area contributed by atoms with E-state index in [0.29, 0.717) is 0 Å². The molecule has 17 heavy (non-hydrogen) atoms. The largest absolute Gasteiger partial charge is 0.465 e. The predicted molar refractivity (Wildman–Crippen MR) is 54.8 cm³/mol. The monoisotopic (exact) mass is 261 g/mol. The summed E-state index contributed by atoms with van der Waals surface area (Å²) in [7, 11) is 0.953. The summed E-state index contributed by atoms with van der Waals surface area (Å²) in [4.78, 5) is 11.1. The van der Waals surface area contributed by atoms with Crippen molar-refractivity contribution in [2.75, 3.05) is 7.11 Å². The van der Waals surface area contributed by atoms with Crippen LogP contribution in [-0.2, 0) is 10.9 Å². The van der Waals surface area contributed by atoms with Gasteiger partial charge in [-0.2, -0.15) is 18.4 Å². The van der Waals surface area contributed by atoms with Crippen molar-refractivity contribution in [3.63, 3.8) is 0 Å². The number of halogens is 3. The van der Waals surface area contributed by atoms with E-state index in [1.807, 2.05) is 0 Å². The number of hydrogen-bond donors (Lipinski definition) is 1. The average Bonchev–Trinajstić information content (AvgIpc) is 2.26. The molecule has 0 aromatic heterocycles. The van der Waals surface area contributed by atoms with Crippen LogP contribution in [0.5, 0.6) is 0 Å². The minimum atomic E-state index is -4.83. The van der Waals surface area contributed by atoms with Crippen LogP contribution in [0, 0.1) is 11.3 Å². The lowest BCUT2D eigenvalue weighted by Crippen LogP contribution is -2.17. The third kappa shape index (κ3) is 2.53. The van der Waals surface area contributed by atoms with E-state index in [2.05, 4.69) is 17.4 Å². The van der Waals surface area contributed by atoms with Crippen molar-refractivity contribution in [1.29, 1.82) is 5.26 Å². The molecular weight excluding hydrogens is 255 g/mol. The Balaban J connectivity index is 3.68. The molecule has 0 aliphatic rings. The second-order valence-corrected chi connectivity index (χ2v) is 3.47. The molecule has 0 amide bonds. The molecule has 0 bridgehead atoms. The second-order valence-electron chi connectivity index (χ2n) is 2.98. The van der Waals surface area contributed by atoms with Crippen molar-refractivity contribution in [1.82, 2.24) is 0 Å². The van der Waals surface area contributed by atoms with Crippen molar-refractivity contribution < 1.29 is 22.7 Å². The van der Waals surface area contributed by atoms with E-state index in [9.17, 15) is 18.0 Å². The van der Waals surface area contributed by atoms with E-state index in [0.717, 1.165) is 19.2 Å². The summed E-state index contributed by atoms with van der Waals surface area (Å²) < 4.78 is 42.6. The molecule has 0 saturated carbocycles. The third-order valence-corrected chi connectivity index (χ3v) is 2.35. The second kappa shape index (κ2) is 4.67. The first-order valence-corrected chi connectivity index (χ1v) is 4.69. The molecule has 1 aromatic carbocycles. The van der Waals surface area contributed by atoms with Crippen LogP contribution in [-0.4, -0.2) is 13.1 Å². The lowest BCUT2D eigenvalue weighted by Gasteiger charge is -2.14. The van der Waals surface area contributed by atoms with Gasteiger partial charge in [0, 0.05) is 4.90 Å². The Bertz CT molecular complexity index is 505. The van der Waals surface area contributed by atoms with Gasteiger partial charge in [-0.05, 0) is 12.1 Å². The van der Waals surface area contributed by atoms with Crippen molar-refractivity contribution >= 4 is 18.6 Å². The maximum Gasteiger partial charge on any atom is 0.418 e. The molecule has 0 atom stereocenters. The van der Waals surface area contributed by atoms with Gasteiger partial charge < -0.3 is 4.74 Å². The first kappa shape index (κ1) is 13.4. The topological polar surface area (TPSA) is 50.1 Å². The Kier molecular flexibility index (Phi) is 3.68. The molecule has 0 heterocycles. The molecule has 7 heteroatoms. The van der Waals surface area contributed by atoms with Gasteiger partial charge in [0.1, 0.15) is 0 Å². The molecule has 90 valence electrons. The number of benzene rings is 1. The summed E-state index contributed by atoms with van der Waals surface area (Å²) in [5.74, 6) is -1.18. The fraction of sp³-hybridized carbons (Fsp3) is 0.200. The average molecular weight is 261 g/mol. The molecule has 0 aliphatic carbocycles. The van der Waals surface area contributed by atoms with Crippen LogP contribution in [0.15, 0.2) is 17.0 Å². The highest BCUT2D eigenvalue weighted by molar-refractivity contribution is 7.80. The van der Waals surface area contributed by atoms with Crippen LogP contribution >= 0.6 is 12.6 Å². The summed E-state index contributed by atoms with van der Waals surface area (Å²) in [5, 5.41) is 8.62. The normalized spacial score (nSPS) is 10.8. The standard InChI is InChI=1S/C10H6F3NO2S/c1-16-9(15)7-6(17)3-2-5(4-14)8(7)10(11,12)13/h2-3,17H,1H3. The molecule has 1 aromatic rings. The Hall–Kier alpha value is -1.68. The first-order valence-electron chi connectivity index (χ1n) is 4.24. The maximum atomic E-state index is 12.8. The van der Waals surface area contributed by atoms with Crippen LogP contribution < -0.4 is 0 Å². The number of nitrogens with zero attached hydrogens (tertiary/aromatic N) is 1. The number of esters is 1. The number of rotatable bonds is 1. The minimum Gasteiger partial charge on any atom is -0.465 e. The summed E-state index contributed by atoms with van der Waals surface area (Å²) in [6.07, 6.45) is -4.83. The van der Waals surface area contributed by atoms with E-state index >= 15 is 0 Å². The van der Waals surface area contributed by atoms with Crippen LogP contribution in [0.25, 0.3) is 0 Å². The molecule has 0 aliphatic heterocycles. The summed E-state index contributed by atoms with van der Waals surface area (Å²) in [6, 6.07) is 3.48. The van der Waals surface area contributed by atoms with Gasteiger partial charge in [-0.15, -0.1) is 12.6 Å². The minimum absolute atomic E-state index is 0.192. The molecule has 0 spiro atoms. The van der Waals surface area contributed by atoms with Gasteiger partial charge in [-0.3, -0.25) is 0 Å². The number of carbonyl (C=O) groups is 1. The van der Waals surface area contributed by atoms with Gasteiger partial charge in [0.05, 0.1) is 29.9 Å². The van der Waals surface area contributed by atoms with E-state index in [1.165, 1.54) is 6.07 Å². The lowest BCUT2D eigenvalue weighted by atomic mass is 10.0. The smallest absolute Gasteiger partial charge is 0.418 e. The number of ether oxygens (including phenoxy) is 1. The van der Waals surface area contributed by atoms with Crippen LogP contribution in [0.1, 0.15) is 21.5 Å². The number of nitriles is 1. The molecule has 1 rings (SSSR count). The summed E-state index contributed by atoms with van der Waals surface area (Å²) in [6.45, 7) is 0. The number of carbonyl (C=O) groups excluding carboxylic acids is 1. The predicted octanol–water partition coefficient (Wildman–Crippen LogP) is 2.65. The third-order valence-electron chi connectivity index (χ3n) is 1.98. The zero-order chi connectivity index (χ0) is 13.2. The Morgan fingerprint density at radius 2 is 2.06 bits per heavy atom. The van der Waals surface area contributed by atoms with Crippen LogP contribution in [0.2, 0.25) is 0 Å². The quantitative estimate of drug-likeness (QED) is 0.624. The molecular formula is C10H6F3NO2S. The van der Waals surface area contributed by atoms with E-state index < -0.39 is 28.8 Å². The van der Waals surface area contributed by atoms with Crippen molar-refractivity contribution in [2.24, 2.45) is 0 Å². The van der Waals surface area contributed by atoms with Crippen LogP contribution in [0.4, 0.5) is 13.2 Å². The zero-order valence-electron chi connectivity index (χ0n) is 8.50. The highest BCUT2D eigenvalue weighted by Crippen LogP contribution is 2.37. The highest BCUT2D eigenvalue weighted by atomic mass is 32.1. The molecule has 0 fully saturated rings. The zero-order valence-corrected chi connectivity index (χ0v) is 9.39. The van der Waals surface area contributed by atoms with Crippen molar-refractivity contribution in [3.8, 4) is 6.07 Å². The lowest BCUT2D eigenvalue weighted by molar-refractivity contribution is -0.138. The first-order chi connectivity index (χ1) is 7.82. The summed E-state index contributed by atoms with van der Waals surface area (Å²) in [5.41, 5.74) is -2.71. The summed E-state index contributed by atoms with van der Waals surface area (Å²) >= 11 is 3.77. The van der Waals surface area contributed by atoms with Gasteiger partial charge in [0.2, 0.25) is 0 Å². The number of alkyl halides is 3. The molecule has 3 nitrogen and oxygen atoms in total. The van der Waals surface area contributed by atoms with Gasteiger partial charge in [-0.25, -0.2) is 4.79 Å². The highest BCUT2D eigenvalue weighted by Gasteiger charge is 2.39.